The van der Waals surface area contributed by atoms with Crippen LogP contribution in [-0.2, 0) is 4.74 Å². The lowest BCUT2D eigenvalue weighted by Gasteiger charge is -2.44. The Morgan fingerprint density at radius 1 is 1.50 bits per heavy atom. The molecule has 0 radical (unpaired) electrons. The fraction of sp³-hybridized carbons (Fsp3) is 0.647. The first-order valence-electron chi connectivity index (χ1n) is 7.64. The Morgan fingerprint density at radius 2 is 2.25 bits per heavy atom. The van der Waals surface area contributed by atoms with Gasteiger partial charge in [0.1, 0.15) is 0 Å². The molecule has 20 heavy (non-hydrogen) atoms. The van der Waals surface area contributed by atoms with E-state index in [2.05, 4.69) is 19.9 Å². The lowest BCUT2D eigenvalue weighted by molar-refractivity contribution is -0.0938. The van der Waals surface area contributed by atoms with Crippen molar-refractivity contribution in [2.45, 2.75) is 58.1 Å². The van der Waals surface area contributed by atoms with E-state index in [1.54, 1.807) is 0 Å². The second-order valence-corrected chi connectivity index (χ2v) is 6.59. The summed E-state index contributed by atoms with van der Waals surface area (Å²) in [7, 11) is 0. The Hall–Kier alpha value is -0.570. The average Bonchev–Trinajstić information content (AvgIpc) is 2.41. The molecule has 0 bridgehead atoms. The molecule has 1 aliphatic carbocycles. The van der Waals surface area contributed by atoms with E-state index in [1.807, 2.05) is 19.1 Å². The molecule has 0 heterocycles. The highest BCUT2D eigenvalue weighted by molar-refractivity contribution is 6.31. The second kappa shape index (κ2) is 6.46. The van der Waals surface area contributed by atoms with E-state index in [1.165, 1.54) is 12.8 Å². The highest BCUT2D eigenvalue weighted by atomic mass is 35.5. The fourth-order valence-corrected chi connectivity index (χ4v) is 3.63. The predicted octanol–water partition coefficient (Wildman–Crippen LogP) is 4.63. The molecule has 0 aromatic heterocycles. The van der Waals surface area contributed by atoms with Crippen LogP contribution in [0.5, 0.6) is 0 Å². The molecule has 3 unspecified atom stereocenters. The maximum Gasteiger partial charge on any atom is 0.0876 e. The van der Waals surface area contributed by atoms with Crippen LogP contribution >= 0.6 is 11.6 Å². The molecule has 3 atom stereocenters. The van der Waals surface area contributed by atoms with Crippen LogP contribution < -0.4 is 5.73 Å². The lowest BCUT2D eigenvalue weighted by atomic mass is 9.73. The van der Waals surface area contributed by atoms with Gasteiger partial charge < -0.3 is 10.5 Å². The van der Waals surface area contributed by atoms with Crippen molar-refractivity contribution in [1.82, 2.24) is 0 Å². The van der Waals surface area contributed by atoms with E-state index in [0.29, 0.717) is 12.5 Å². The molecule has 2 N–H and O–H groups in total. The second-order valence-electron chi connectivity index (χ2n) is 6.19. The normalized spacial score (nSPS) is 28.4. The monoisotopic (exact) mass is 295 g/mol. The van der Waals surface area contributed by atoms with Gasteiger partial charge >= 0.3 is 0 Å². The highest BCUT2D eigenvalue weighted by Crippen LogP contribution is 2.43. The van der Waals surface area contributed by atoms with E-state index in [4.69, 9.17) is 22.1 Å². The van der Waals surface area contributed by atoms with Crippen molar-refractivity contribution in [1.29, 1.82) is 0 Å². The van der Waals surface area contributed by atoms with Gasteiger partial charge in [0.15, 0.2) is 0 Å². The van der Waals surface area contributed by atoms with Crippen molar-refractivity contribution in [3.05, 3.63) is 34.3 Å². The molecule has 1 aliphatic rings. The number of hydrogen-bond donors (Lipinski definition) is 1. The molecule has 2 nitrogen and oxygen atoms in total. The minimum atomic E-state index is -0.231. The van der Waals surface area contributed by atoms with Gasteiger partial charge in [0.2, 0.25) is 0 Å². The molecule has 1 aromatic carbocycles. The molecule has 2 rings (SSSR count). The third-order valence-electron chi connectivity index (χ3n) is 4.54. The number of ether oxygens (including phenoxy) is 1. The molecular weight excluding hydrogens is 270 g/mol. The molecule has 112 valence electrons. The van der Waals surface area contributed by atoms with Crippen molar-refractivity contribution < 1.29 is 4.74 Å². The van der Waals surface area contributed by atoms with Gasteiger partial charge in [-0.25, -0.2) is 0 Å². The number of benzene rings is 1. The first kappa shape index (κ1) is 15.8. The van der Waals surface area contributed by atoms with Gasteiger partial charge in [0.25, 0.3) is 0 Å². The molecule has 0 aliphatic heterocycles. The summed E-state index contributed by atoms with van der Waals surface area (Å²) in [6.45, 7) is 7.07. The largest absolute Gasteiger partial charge is 0.373 e. The molecule has 1 saturated carbocycles. The summed E-state index contributed by atoms with van der Waals surface area (Å²) in [5, 5.41) is 0.786. The Labute approximate surface area is 127 Å². The third kappa shape index (κ3) is 3.19. The molecule has 0 amide bonds. The molecule has 1 aromatic rings. The highest BCUT2D eigenvalue weighted by Gasteiger charge is 2.41. The summed E-state index contributed by atoms with van der Waals surface area (Å²) in [5.74, 6) is 0.669. The Balaban J connectivity index is 2.30. The van der Waals surface area contributed by atoms with Crippen LogP contribution in [0, 0.1) is 12.8 Å². The Bertz CT molecular complexity index is 458. The predicted molar refractivity (Wildman–Crippen MR) is 85.1 cm³/mol. The van der Waals surface area contributed by atoms with Crippen molar-refractivity contribution in [3.8, 4) is 0 Å². The summed E-state index contributed by atoms with van der Waals surface area (Å²) >= 11 is 6.25. The molecule has 3 heteroatoms. The van der Waals surface area contributed by atoms with Crippen LogP contribution in [0.4, 0.5) is 0 Å². The van der Waals surface area contributed by atoms with E-state index in [0.717, 1.165) is 29.0 Å². The summed E-state index contributed by atoms with van der Waals surface area (Å²) in [6, 6.07) is 6.03. The zero-order chi connectivity index (χ0) is 14.8. The van der Waals surface area contributed by atoms with Crippen LogP contribution in [0.25, 0.3) is 0 Å². The third-order valence-corrected chi connectivity index (χ3v) is 4.95. The quantitative estimate of drug-likeness (QED) is 0.878. The van der Waals surface area contributed by atoms with Gasteiger partial charge in [-0.2, -0.15) is 0 Å². The Morgan fingerprint density at radius 3 is 2.85 bits per heavy atom. The topological polar surface area (TPSA) is 35.2 Å². The number of rotatable bonds is 4. The Kier molecular flexibility index (Phi) is 5.11. The van der Waals surface area contributed by atoms with Crippen molar-refractivity contribution in [3.63, 3.8) is 0 Å². The van der Waals surface area contributed by atoms with Gasteiger partial charge in [-0.15, -0.1) is 0 Å². The number of hydrogen-bond acceptors (Lipinski definition) is 2. The first-order valence-corrected chi connectivity index (χ1v) is 8.02. The van der Waals surface area contributed by atoms with Gasteiger partial charge in [-0.3, -0.25) is 0 Å². The van der Waals surface area contributed by atoms with Crippen molar-refractivity contribution in [2.75, 3.05) is 6.61 Å². The van der Waals surface area contributed by atoms with Crippen LogP contribution in [0.15, 0.2) is 18.2 Å². The smallest absolute Gasteiger partial charge is 0.0876 e. The van der Waals surface area contributed by atoms with Gasteiger partial charge in [-0.05, 0) is 49.8 Å². The zero-order valence-electron chi connectivity index (χ0n) is 12.8. The van der Waals surface area contributed by atoms with Crippen LogP contribution in [0.2, 0.25) is 5.02 Å². The number of halogens is 1. The summed E-state index contributed by atoms with van der Waals surface area (Å²) in [4.78, 5) is 0. The van der Waals surface area contributed by atoms with E-state index in [-0.39, 0.29) is 11.6 Å². The SMILES string of the molecule is CCOC1(C(N)c2ccc(C)c(Cl)c2)CCCC(C)C1. The minimum absolute atomic E-state index is 0.108. The number of nitrogens with two attached hydrogens (primary N) is 1. The molecular formula is C17H26ClNO. The van der Waals surface area contributed by atoms with Crippen LogP contribution in [0.1, 0.15) is 56.7 Å². The summed E-state index contributed by atoms with van der Waals surface area (Å²) in [5.41, 5.74) is 8.53. The molecule has 0 spiro atoms. The maximum absolute atomic E-state index is 6.59. The summed E-state index contributed by atoms with van der Waals surface area (Å²) in [6.07, 6.45) is 4.54. The standard InChI is InChI=1S/C17H26ClNO/c1-4-20-17(9-5-6-12(2)11-17)16(19)14-8-7-13(3)15(18)10-14/h7-8,10,12,16H,4-6,9,11,19H2,1-3H3. The van der Waals surface area contributed by atoms with Crippen molar-refractivity contribution in [2.24, 2.45) is 11.7 Å². The minimum Gasteiger partial charge on any atom is -0.373 e. The van der Waals surface area contributed by atoms with E-state index >= 15 is 0 Å². The average molecular weight is 296 g/mol. The maximum atomic E-state index is 6.59. The van der Waals surface area contributed by atoms with E-state index < -0.39 is 0 Å². The van der Waals surface area contributed by atoms with Crippen molar-refractivity contribution >= 4 is 11.6 Å². The van der Waals surface area contributed by atoms with Gasteiger partial charge in [-0.1, -0.05) is 43.5 Å². The first-order chi connectivity index (χ1) is 9.48. The van der Waals surface area contributed by atoms with Gasteiger partial charge in [0, 0.05) is 11.6 Å². The van der Waals surface area contributed by atoms with Gasteiger partial charge in [0.05, 0.1) is 11.6 Å². The summed E-state index contributed by atoms with van der Waals surface area (Å²) < 4.78 is 6.16. The lowest BCUT2D eigenvalue weighted by Crippen LogP contribution is -2.47. The number of aryl methyl sites for hydroxylation is 1. The van der Waals surface area contributed by atoms with Crippen LogP contribution in [-0.4, -0.2) is 12.2 Å². The molecule has 0 saturated heterocycles. The van der Waals surface area contributed by atoms with Crippen LogP contribution in [0.3, 0.4) is 0 Å². The zero-order valence-corrected chi connectivity index (χ0v) is 13.5. The van der Waals surface area contributed by atoms with E-state index in [9.17, 15) is 0 Å². The molecule has 1 fully saturated rings. The fourth-order valence-electron chi connectivity index (χ4n) is 3.44.